The number of carbonyl (C=O) groups is 1. The summed E-state index contributed by atoms with van der Waals surface area (Å²) >= 11 is 0. The molecule has 1 N–H and O–H groups in total. The van der Waals surface area contributed by atoms with Crippen LogP contribution in [-0.4, -0.2) is 38.5 Å². The summed E-state index contributed by atoms with van der Waals surface area (Å²) < 4.78 is 1.38. The van der Waals surface area contributed by atoms with Crippen LogP contribution in [0.4, 0.5) is 0 Å². The van der Waals surface area contributed by atoms with E-state index in [2.05, 4.69) is 10.2 Å². The van der Waals surface area contributed by atoms with Crippen molar-refractivity contribution in [3.8, 4) is 0 Å². The maximum atomic E-state index is 12.3. The minimum Gasteiger partial charge on any atom is -0.339 e. The van der Waals surface area contributed by atoms with E-state index in [1.165, 1.54) is 10.8 Å². The molecule has 2 aromatic heterocycles. The summed E-state index contributed by atoms with van der Waals surface area (Å²) in [5, 5.41) is 6.22. The third-order valence-corrected chi connectivity index (χ3v) is 3.31. The zero-order valence-corrected chi connectivity index (χ0v) is 9.93. The topological polar surface area (TPSA) is 70.5 Å². The third kappa shape index (κ3) is 1.79. The molecule has 3 heterocycles. The molecule has 6 heteroatoms. The first-order valence-electron chi connectivity index (χ1n) is 6.12. The zero-order valence-electron chi connectivity index (χ0n) is 9.93. The number of nitrogens with one attached hydrogen (secondary N) is 1. The zero-order chi connectivity index (χ0) is 12.5. The lowest BCUT2D eigenvalue weighted by atomic mass is 10.1. The molecule has 1 aliphatic rings. The molecular weight excluding hydrogens is 232 g/mol. The first-order valence-corrected chi connectivity index (χ1v) is 6.12. The maximum Gasteiger partial charge on any atom is 0.347 e. The molecule has 1 fully saturated rings. The molecule has 6 nitrogen and oxygen atoms in total. The van der Waals surface area contributed by atoms with Gasteiger partial charge >= 0.3 is 5.69 Å². The number of pyridine rings is 1. The summed E-state index contributed by atoms with van der Waals surface area (Å²) in [6, 6.07) is 3.32. The molecule has 18 heavy (non-hydrogen) atoms. The highest BCUT2D eigenvalue weighted by Gasteiger charge is 2.18. The van der Waals surface area contributed by atoms with E-state index in [4.69, 9.17) is 0 Å². The first kappa shape index (κ1) is 11.0. The molecular formula is C12H14N4O2. The maximum absolute atomic E-state index is 12.3. The summed E-state index contributed by atoms with van der Waals surface area (Å²) in [7, 11) is 0. The lowest BCUT2D eigenvalue weighted by Crippen LogP contribution is -2.35. The average Bonchev–Trinajstić information content (AvgIpc) is 2.80. The Morgan fingerprint density at radius 1 is 1.28 bits per heavy atom. The fraction of sp³-hybridized carbons (Fsp3) is 0.417. The summed E-state index contributed by atoms with van der Waals surface area (Å²) in [6.45, 7) is 1.63. The summed E-state index contributed by atoms with van der Waals surface area (Å²) in [5.41, 5.74) is 0.772. The molecule has 0 atom stereocenters. The second-order valence-electron chi connectivity index (χ2n) is 4.53. The van der Waals surface area contributed by atoms with Crippen molar-refractivity contribution in [2.75, 3.05) is 13.1 Å². The van der Waals surface area contributed by atoms with Crippen LogP contribution in [0.3, 0.4) is 0 Å². The number of rotatable bonds is 1. The Morgan fingerprint density at radius 2 is 2.06 bits per heavy atom. The standard InChI is InChI=1S/C12H14N4O2/c17-11(15-5-2-1-3-6-15)9-4-7-16-10(8-9)13-14-12(16)18/h4,7-8H,1-3,5-6H2,(H,14,18). The molecule has 0 aliphatic carbocycles. The van der Waals surface area contributed by atoms with Crippen molar-refractivity contribution in [2.24, 2.45) is 0 Å². The van der Waals surface area contributed by atoms with Gasteiger partial charge in [-0.25, -0.2) is 9.89 Å². The van der Waals surface area contributed by atoms with E-state index < -0.39 is 0 Å². The van der Waals surface area contributed by atoms with Crippen molar-refractivity contribution in [3.05, 3.63) is 34.4 Å². The Labute approximate surface area is 103 Å². The van der Waals surface area contributed by atoms with Crippen molar-refractivity contribution in [3.63, 3.8) is 0 Å². The molecule has 0 spiro atoms. The Morgan fingerprint density at radius 3 is 2.83 bits per heavy atom. The van der Waals surface area contributed by atoms with Crippen LogP contribution in [0.1, 0.15) is 29.6 Å². The summed E-state index contributed by atoms with van der Waals surface area (Å²) in [5.74, 6) is 0.0210. The molecule has 3 rings (SSSR count). The quantitative estimate of drug-likeness (QED) is 0.803. The van der Waals surface area contributed by atoms with Crippen LogP contribution < -0.4 is 5.69 Å². The SMILES string of the molecule is O=C(c1ccn2c(=O)[nH]nc2c1)N1CCCCC1. The minimum absolute atomic E-state index is 0.0210. The number of hydrogen-bond donors (Lipinski definition) is 1. The van der Waals surface area contributed by atoms with Crippen LogP contribution >= 0.6 is 0 Å². The van der Waals surface area contributed by atoms with E-state index in [9.17, 15) is 9.59 Å². The van der Waals surface area contributed by atoms with Crippen LogP contribution in [0, 0.1) is 0 Å². The fourth-order valence-electron chi connectivity index (χ4n) is 2.32. The highest BCUT2D eigenvalue weighted by molar-refractivity contribution is 5.95. The van der Waals surface area contributed by atoms with Crippen molar-refractivity contribution in [1.29, 1.82) is 0 Å². The van der Waals surface area contributed by atoms with Crippen molar-refractivity contribution in [2.45, 2.75) is 19.3 Å². The highest BCUT2D eigenvalue weighted by Crippen LogP contribution is 2.13. The van der Waals surface area contributed by atoms with Gasteiger partial charge in [0.25, 0.3) is 5.91 Å². The van der Waals surface area contributed by atoms with Gasteiger partial charge in [0.2, 0.25) is 0 Å². The average molecular weight is 246 g/mol. The Hall–Kier alpha value is -2.11. The molecule has 0 unspecified atom stereocenters. The van der Waals surface area contributed by atoms with Gasteiger partial charge in [-0.2, -0.15) is 5.10 Å². The van der Waals surface area contributed by atoms with E-state index in [0.29, 0.717) is 11.2 Å². The van der Waals surface area contributed by atoms with Crippen LogP contribution in [-0.2, 0) is 0 Å². The lowest BCUT2D eigenvalue weighted by molar-refractivity contribution is 0.0724. The van der Waals surface area contributed by atoms with Gasteiger partial charge in [-0.3, -0.25) is 9.20 Å². The van der Waals surface area contributed by atoms with Gasteiger partial charge in [0.1, 0.15) is 0 Å². The van der Waals surface area contributed by atoms with Crippen LogP contribution in [0.5, 0.6) is 0 Å². The number of aromatic amines is 1. The van der Waals surface area contributed by atoms with Crippen LogP contribution in [0.2, 0.25) is 0 Å². The van der Waals surface area contributed by atoms with Crippen LogP contribution in [0.15, 0.2) is 23.1 Å². The lowest BCUT2D eigenvalue weighted by Gasteiger charge is -2.26. The smallest absolute Gasteiger partial charge is 0.339 e. The fourth-order valence-corrected chi connectivity index (χ4v) is 2.32. The highest BCUT2D eigenvalue weighted by atomic mass is 16.2. The van der Waals surface area contributed by atoms with Gasteiger partial charge in [-0.05, 0) is 31.4 Å². The number of fused-ring (bicyclic) bond motifs is 1. The second-order valence-corrected chi connectivity index (χ2v) is 4.53. The van der Waals surface area contributed by atoms with Crippen LogP contribution in [0.25, 0.3) is 5.65 Å². The van der Waals surface area contributed by atoms with Gasteiger partial charge in [0.15, 0.2) is 5.65 Å². The number of likely N-dealkylation sites (tertiary alicyclic amines) is 1. The van der Waals surface area contributed by atoms with E-state index in [1.807, 2.05) is 4.90 Å². The van der Waals surface area contributed by atoms with E-state index >= 15 is 0 Å². The van der Waals surface area contributed by atoms with E-state index in [0.717, 1.165) is 25.9 Å². The molecule has 0 saturated carbocycles. The molecule has 0 radical (unpaired) electrons. The molecule has 1 saturated heterocycles. The largest absolute Gasteiger partial charge is 0.347 e. The van der Waals surface area contributed by atoms with Crippen molar-refractivity contribution < 1.29 is 4.79 Å². The third-order valence-electron chi connectivity index (χ3n) is 3.31. The van der Waals surface area contributed by atoms with Crippen molar-refractivity contribution in [1.82, 2.24) is 19.5 Å². The predicted molar refractivity (Wildman–Crippen MR) is 65.6 cm³/mol. The molecule has 2 aromatic rings. The minimum atomic E-state index is -0.290. The number of H-pyrrole nitrogens is 1. The number of hydrogen-bond acceptors (Lipinski definition) is 3. The summed E-state index contributed by atoms with van der Waals surface area (Å²) in [6.07, 6.45) is 4.90. The summed E-state index contributed by atoms with van der Waals surface area (Å²) in [4.78, 5) is 25.4. The number of nitrogens with zero attached hydrogens (tertiary/aromatic N) is 3. The molecule has 1 amide bonds. The first-order chi connectivity index (χ1) is 8.75. The molecule has 0 aromatic carbocycles. The predicted octanol–water partition coefficient (Wildman–Crippen LogP) is 0.649. The van der Waals surface area contributed by atoms with Gasteiger partial charge < -0.3 is 4.90 Å². The Balaban J connectivity index is 1.93. The Bertz CT molecular complexity index is 637. The van der Waals surface area contributed by atoms with Gasteiger partial charge in [0.05, 0.1) is 0 Å². The normalized spacial score (nSPS) is 16.1. The van der Waals surface area contributed by atoms with Gasteiger partial charge in [-0.15, -0.1) is 0 Å². The number of piperidine rings is 1. The molecule has 94 valence electrons. The number of amides is 1. The monoisotopic (exact) mass is 246 g/mol. The van der Waals surface area contributed by atoms with Crippen molar-refractivity contribution >= 4 is 11.6 Å². The second kappa shape index (κ2) is 4.29. The van der Waals surface area contributed by atoms with E-state index in [1.54, 1.807) is 18.3 Å². The Kier molecular flexibility index (Phi) is 2.62. The molecule has 0 bridgehead atoms. The van der Waals surface area contributed by atoms with E-state index in [-0.39, 0.29) is 11.6 Å². The number of aromatic nitrogens is 3. The van der Waals surface area contributed by atoms with Gasteiger partial charge in [0, 0.05) is 24.8 Å². The number of carbonyl (C=O) groups excluding carboxylic acids is 1. The molecule has 1 aliphatic heterocycles. The van der Waals surface area contributed by atoms with Gasteiger partial charge in [-0.1, -0.05) is 0 Å².